The molecule has 2 aromatic heterocycles. The van der Waals surface area contributed by atoms with E-state index in [1.54, 1.807) is 25.1 Å². The maximum absolute atomic E-state index is 15.1. The van der Waals surface area contributed by atoms with Gasteiger partial charge in [0.15, 0.2) is 5.82 Å². The summed E-state index contributed by atoms with van der Waals surface area (Å²) in [5, 5.41) is 14.1. The molecule has 2 aromatic carbocycles. The molecule has 186 valence electrons. The molecule has 1 aliphatic rings. The van der Waals surface area contributed by atoms with Crippen molar-refractivity contribution >= 4 is 17.0 Å². The number of fused-ring (bicyclic) bond motifs is 1. The summed E-state index contributed by atoms with van der Waals surface area (Å²) >= 11 is 0. The highest BCUT2D eigenvalue weighted by Gasteiger charge is 2.31. The summed E-state index contributed by atoms with van der Waals surface area (Å²) < 4.78 is 58.8. The van der Waals surface area contributed by atoms with Crippen LogP contribution in [-0.4, -0.2) is 32.2 Å². The average Bonchev–Trinajstić information content (AvgIpc) is 3.47. The van der Waals surface area contributed by atoms with Crippen LogP contribution in [0.2, 0.25) is 0 Å². The van der Waals surface area contributed by atoms with Gasteiger partial charge in [0, 0.05) is 11.6 Å². The highest BCUT2D eigenvalue weighted by Crippen LogP contribution is 2.39. The van der Waals surface area contributed by atoms with Gasteiger partial charge in [-0.25, -0.2) is 18.9 Å². The number of hydrogen-bond donors (Lipinski definition) is 1. The Morgan fingerprint density at radius 2 is 1.89 bits per heavy atom. The minimum atomic E-state index is -4.85. The van der Waals surface area contributed by atoms with Crippen LogP contribution in [0.4, 0.5) is 17.6 Å². The highest BCUT2D eigenvalue weighted by molar-refractivity contribution is 5.94. The molecule has 0 bridgehead atoms. The predicted molar refractivity (Wildman–Crippen MR) is 124 cm³/mol. The van der Waals surface area contributed by atoms with Gasteiger partial charge in [0.25, 0.3) is 0 Å². The van der Waals surface area contributed by atoms with E-state index in [1.807, 2.05) is 0 Å². The molecule has 10 heteroatoms. The molecule has 1 fully saturated rings. The van der Waals surface area contributed by atoms with Crippen LogP contribution in [0.3, 0.4) is 0 Å². The zero-order valence-electron chi connectivity index (χ0n) is 19.1. The second kappa shape index (κ2) is 8.92. The molecule has 1 aliphatic carbocycles. The molecule has 0 atom stereocenters. The Labute approximate surface area is 203 Å². The number of benzene rings is 2. The Hall–Kier alpha value is -3.95. The first kappa shape index (κ1) is 23.8. The second-order valence-corrected chi connectivity index (χ2v) is 8.93. The fraction of sp³-hybridized carbons (Fsp3) is 0.269. The zero-order chi connectivity index (χ0) is 25.6. The van der Waals surface area contributed by atoms with E-state index < -0.39 is 23.9 Å². The van der Waals surface area contributed by atoms with E-state index >= 15 is 4.39 Å². The molecule has 5 rings (SSSR count). The largest absolute Gasteiger partial charge is 0.573 e. The average molecular weight is 499 g/mol. The molecule has 1 N–H and O–H groups in total. The summed E-state index contributed by atoms with van der Waals surface area (Å²) in [6.07, 6.45) is 1.43. The van der Waals surface area contributed by atoms with Crippen LogP contribution in [0.25, 0.3) is 27.8 Å². The van der Waals surface area contributed by atoms with Crippen molar-refractivity contribution in [1.82, 2.24) is 14.8 Å². The van der Waals surface area contributed by atoms with Gasteiger partial charge >= 0.3 is 12.3 Å². The molecular weight excluding hydrogens is 478 g/mol. The SMILES string of the molecule is Cc1cc(OC(F)(F)F)cc(-n2cc3ncc(F)c(-c4ccc(C(=O)O)c(C5CCCC5)c4)c3n2)c1. The van der Waals surface area contributed by atoms with Gasteiger partial charge in [0.1, 0.15) is 16.8 Å². The molecule has 0 spiro atoms. The number of aryl methyl sites for hydroxylation is 1. The minimum absolute atomic E-state index is 0.0772. The Balaban J connectivity index is 1.63. The third kappa shape index (κ3) is 4.62. The van der Waals surface area contributed by atoms with E-state index in [-0.39, 0.29) is 28.2 Å². The van der Waals surface area contributed by atoms with Crippen LogP contribution in [0.1, 0.15) is 53.1 Å². The van der Waals surface area contributed by atoms with E-state index in [2.05, 4.69) is 14.8 Å². The molecule has 6 nitrogen and oxygen atoms in total. The van der Waals surface area contributed by atoms with E-state index in [1.165, 1.54) is 29.1 Å². The molecule has 1 saturated carbocycles. The highest BCUT2D eigenvalue weighted by atomic mass is 19.4. The van der Waals surface area contributed by atoms with Crippen molar-refractivity contribution in [1.29, 1.82) is 0 Å². The number of alkyl halides is 3. The van der Waals surface area contributed by atoms with Gasteiger partial charge in [-0.05, 0) is 66.6 Å². The third-order valence-corrected chi connectivity index (χ3v) is 6.39. The number of carbonyl (C=O) groups is 1. The first-order valence-corrected chi connectivity index (χ1v) is 11.4. The smallest absolute Gasteiger partial charge is 0.478 e. The molecule has 0 unspecified atom stereocenters. The van der Waals surface area contributed by atoms with Gasteiger partial charge in [-0.2, -0.15) is 5.10 Å². The lowest BCUT2D eigenvalue weighted by atomic mass is 9.89. The summed E-state index contributed by atoms with van der Waals surface area (Å²) in [4.78, 5) is 15.9. The Bertz CT molecular complexity index is 1470. The number of halogens is 4. The van der Waals surface area contributed by atoms with Crippen molar-refractivity contribution < 1.29 is 32.2 Å². The minimum Gasteiger partial charge on any atom is -0.478 e. The van der Waals surface area contributed by atoms with Gasteiger partial charge in [-0.3, -0.25) is 0 Å². The van der Waals surface area contributed by atoms with Crippen LogP contribution in [-0.2, 0) is 0 Å². The molecule has 0 radical (unpaired) electrons. The Morgan fingerprint density at radius 3 is 2.58 bits per heavy atom. The standard InChI is InChI=1S/C26H21F4N3O3/c1-14-8-17(11-18(9-14)36-26(28,29)30)33-13-22-24(32-33)23(21(27)12-31-22)16-6-7-19(25(34)35)20(10-16)15-4-2-3-5-15/h6-13,15H,2-5H2,1H3,(H,34,35). The normalized spacial score (nSPS) is 14.5. The van der Waals surface area contributed by atoms with Gasteiger partial charge in [-0.1, -0.05) is 18.9 Å². The van der Waals surface area contributed by atoms with Crippen molar-refractivity contribution in [2.75, 3.05) is 0 Å². The number of carboxylic acid groups (broad SMARTS) is 1. The van der Waals surface area contributed by atoms with Gasteiger partial charge < -0.3 is 9.84 Å². The molecule has 0 amide bonds. The summed E-state index contributed by atoms with van der Waals surface area (Å²) in [5.41, 5.74) is 2.79. The molecule has 4 aromatic rings. The number of aromatic carboxylic acids is 1. The maximum atomic E-state index is 15.1. The van der Waals surface area contributed by atoms with E-state index in [0.717, 1.165) is 31.9 Å². The first-order valence-electron chi connectivity index (χ1n) is 11.4. The Morgan fingerprint density at radius 1 is 1.14 bits per heavy atom. The number of ether oxygens (including phenoxy) is 1. The predicted octanol–water partition coefficient (Wildman–Crippen LogP) is 6.79. The van der Waals surface area contributed by atoms with Crippen LogP contribution < -0.4 is 4.74 Å². The summed E-state index contributed by atoms with van der Waals surface area (Å²) in [7, 11) is 0. The van der Waals surface area contributed by atoms with Crippen molar-refractivity contribution in [3.63, 3.8) is 0 Å². The van der Waals surface area contributed by atoms with Crippen molar-refractivity contribution in [2.45, 2.75) is 44.9 Å². The fourth-order valence-corrected chi connectivity index (χ4v) is 4.89. The van der Waals surface area contributed by atoms with E-state index in [0.29, 0.717) is 22.2 Å². The first-order chi connectivity index (χ1) is 17.1. The summed E-state index contributed by atoms with van der Waals surface area (Å²) in [6.45, 7) is 1.62. The maximum Gasteiger partial charge on any atom is 0.573 e. The van der Waals surface area contributed by atoms with E-state index in [9.17, 15) is 23.1 Å². The van der Waals surface area contributed by atoms with Gasteiger partial charge in [0.2, 0.25) is 0 Å². The van der Waals surface area contributed by atoms with Gasteiger partial charge in [0.05, 0.1) is 23.6 Å². The quantitative estimate of drug-likeness (QED) is 0.306. The third-order valence-electron chi connectivity index (χ3n) is 6.39. The summed E-state index contributed by atoms with van der Waals surface area (Å²) in [6, 6.07) is 8.78. The topological polar surface area (TPSA) is 77.2 Å². The molecule has 36 heavy (non-hydrogen) atoms. The van der Waals surface area contributed by atoms with Crippen LogP contribution >= 0.6 is 0 Å². The number of pyridine rings is 1. The van der Waals surface area contributed by atoms with Gasteiger partial charge in [-0.15, -0.1) is 13.2 Å². The lowest BCUT2D eigenvalue weighted by Crippen LogP contribution is -2.17. The van der Waals surface area contributed by atoms with Crippen molar-refractivity contribution in [3.8, 4) is 22.6 Å². The number of carboxylic acids is 1. The molecule has 0 saturated heterocycles. The molecular formula is C26H21F4N3O3. The lowest BCUT2D eigenvalue weighted by molar-refractivity contribution is -0.274. The van der Waals surface area contributed by atoms with Crippen molar-refractivity contribution in [2.24, 2.45) is 0 Å². The number of nitrogens with zero attached hydrogens (tertiary/aromatic N) is 3. The van der Waals surface area contributed by atoms with Crippen LogP contribution in [0, 0.1) is 12.7 Å². The van der Waals surface area contributed by atoms with Crippen LogP contribution in [0.15, 0.2) is 48.8 Å². The monoisotopic (exact) mass is 499 g/mol. The van der Waals surface area contributed by atoms with Crippen molar-refractivity contribution in [3.05, 3.63) is 71.3 Å². The van der Waals surface area contributed by atoms with Crippen LogP contribution in [0.5, 0.6) is 5.75 Å². The fourth-order valence-electron chi connectivity index (χ4n) is 4.89. The molecule has 2 heterocycles. The number of aromatic nitrogens is 3. The van der Waals surface area contributed by atoms with E-state index in [4.69, 9.17) is 0 Å². The number of rotatable bonds is 5. The zero-order valence-corrected chi connectivity index (χ0v) is 19.1. The second-order valence-electron chi connectivity index (χ2n) is 8.93. The summed E-state index contributed by atoms with van der Waals surface area (Å²) in [5.74, 6) is -2.00. The molecule has 0 aliphatic heterocycles. The lowest BCUT2D eigenvalue weighted by Gasteiger charge is -2.15. The Kier molecular flexibility index (Phi) is 5.89. The number of hydrogen-bond acceptors (Lipinski definition) is 4.